The summed E-state index contributed by atoms with van der Waals surface area (Å²) in [5.74, 6) is -0.622. The summed E-state index contributed by atoms with van der Waals surface area (Å²) in [5, 5.41) is 19.4. The van der Waals surface area contributed by atoms with Crippen molar-refractivity contribution in [3.05, 3.63) is 30.0 Å². The fraction of sp³-hybridized carbons (Fsp3) is 0.308. The number of aromatic nitrogens is 1. The van der Waals surface area contributed by atoms with Gasteiger partial charge in [-0.15, -0.1) is 0 Å². The second kappa shape index (κ2) is 3.52. The normalized spacial score (nSPS) is 15.3. The lowest BCUT2D eigenvalue weighted by atomic mass is 10.2. The molecular formula is C13H13NO3. The van der Waals surface area contributed by atoms with Gasteiger partial charge in [0.25, 0.3) is 0 Å². The number of aliphatic carboxylic acids is 1. The van der Waals surface area contributed by atoms with E-state index >= 15 is 0 Å². The molecule has 0 spiro atoms. The first-order valence-corrected chi connectivity index (χ1v) is 5.70. The van der Waals surface area contributed by atoms with Crippen LogP contribution in [0.3, 0.4) is 0 Å². The molecule has 0 unspecified atom stereocenters. The first-order chi connectivity index (χ1) is 8.16. The molecule has 1 aromatic carbocycles. The van der Waals surface area contributed by atoms with E-state index < -0.39 is 5.97 Å². The third-order valence-corrected chi connectivity index (χ3v) is 3.18. The number of hydrogen-bond donors (Lipinski definition) is 2. The second-order valence-electron chi connectivity index (χ2n) is 4.52. The molecule has 1 aromatic heterocycles. The van der Waals surface area contributed by atoms with Crippen molar-refractivity contribution in [1.29, 1.82) is 0 Å². The number of phenols is 1. The van der Waals surface area contributed by atoms with Crippen molar-refractivity contribution in [3.63, 3.8) is 0 Å². The lowest BCUT2D eigenvalue weighted by Crippen LogP contribution is -2.06. The highest BCUT2D eigenvalue weighted by atomic mass is 16.4. The number of nitrogens with zero attached hydrogens (tertiary/aromatic N) is 1. The van der Waals surface area contributed by atoms with Crippen LogP contribution in [0.5, 0.6) is 5.75 Å². The van der Waals surface area contributed by atoms with Crippen molar-refractivity contribution in [2.24, 2.45) is 0 Å². The van der Waals surface area contributed by atoms with Crippen LogP contribution in [0, 0.1) is 0 Å². The van der Waals surface area contributed by atoms with E-state index in [0.717, 1.165) is 29.4 Å². The third kappa shape index (κ3) is 1.65. The number of aromatic hydroxyl groups is 1. The van der Waals surface area contributed by atoms with Gasteiger partial charge in [0, 0.05) is 17.1 Å². The van der Waals surface area contributed by atoms with Crippen LogP contribution in [0.15, 0.2) is 24.3 Å². The minimum atomic E-state index is -0.839. The lowest BCUT2D eigenvalue weighted by molar-refractivity contribution is -0.136. The Balaban J connectivity index is 2.22. The number of phenolic OH excluding ortho intramolecular Hbond substituents is 1. The number of carboxylic acids is 1. The van der Waals surface area contributed by atoms with Gasteiger partial charge in [-0.1, -0.05) is 6.07 Å². The maximum absolute atomic E-state index is 10.8. The van der Waals surface area contributed by atoms with Crippen LogP contribution < -0.4 is 0 Å². The number of carboxylic acid groups (broad SMARTS) is 1. The molecule has 3 rings (SSSR count). The van der Waals surface area contributed by atoms with E-state index in [1.54, 1.807) is 18.2 Å². The molecule has 1 aliphatic rings. The molecule has 1 heterocycles. The number of rotatable bonds is 3. The van der Waals surface area contributed by atoms with Crippen molar-refractivity contribution < 1.29 is 15.0 Å². The van der Waals surface area contributed by atoms with E-state index in [0.29, 0.717) is 6.04 Å². The largest absolute Gasteiger partial charge is 0.507 e. The summed E-state index contributed by atoms with van der Waals surface area (Å²) in [5.41, 5.74) is 1.71. The Morgan fingerprint density at radius 2 is 2.18 bits per heavy atom. The van der Waals surface area contributed by atoms with E-state index in [2.05, 4.69) is 4.57 Å². The summed E-state index contributed by atoms with van der Waals surface area (Å²) in [6.45, 7) is 0. The van der Waals surface area contributed by atoms with Gasteiger partial charge in [-0.2, -0.15) is 0 Å². The smallest absolute Gasteiger partial charge is 0.309 e. The summed E-state index contributed by atoms with van der Waals surface area (Å²) in [6.07, 6.45) is 2.18. The zero-order chi connectivity index (χ0) is 12.0. The Hall–Kier alpha value is -1.97. The van der Waals surface area contributed by atoms with Crippen molar-refractivity contribution in [3.8, 4) is 5.75 Å². The predicted octanol–water partition coefficient (Wildman–Crippen LogP) is 2.31. The van der Waals surface area contributed by atoms with Crippen LogP contribution in [-0.2, 0) is 11.2 Å². The molecule has 0 bridgehead atoms. The van der Waals surface area contributed by atoms with Gasteiger partial charge in [0.05, 0.1) is 11.9 Å². The number of hydrogen-bond acceptors (Lipinski definition) is 2. The van der Waals surface area contributed by atoms with Crippen molar-refractivity contribution >= 4 is 16.9 Å². The fourth-order valence-corrected chi connectivity index (χ4v) is 2.35. The summed E-state index contributed by atoms with van der Waals surface area (Å²) >= 11 is 0. The lowest BCUT2D eigenvalue weighted by Gasteiger charge is -2.07. The van der Waals surface area contributed by atoms with E-state index in [9.17, 15) is 9.90 Å². The molecule has 2 aromatic rings. The third-order valence-electron chi connectivity index (χ3n) is 3.18. The van der Waals surface area contributed by atoms with Gasteiger partial charge in [-0.05, 0) is 31.0 Å². The Kier molecular flexibility index (Phi) is 2.11. The van der Waals surface area contributed by atoms with Crippen LogP contribution in [0.2, 0.25) is 0 Å². The van der Waals surface area contributed by atoms with Gasteiger partial charge in [-0.3, -0.25) is 4.79 Å². The quantitative estimate of drug-likeness (QED) is 0.852. The SMILES string of the molecule is O=C(O)Cc1cc2c(O)cccc2n1C1CC1. The monoisotopic (exact) mass is 231 g/mol. The van der Waals surface area contributed by atoms with E-state index in [1.165, 1.54) is 0 Å². The van der Waals surface area contributed by atoms with Gasteiger partial charge in [0.15, 0.2) is 0 Å². The van der Waals surface area contributed by atoms with Crippen LogP contribution in [0.4, 0.5) is 0 Å². The molecule has 1 fully saturated rings. The van der Waals surface area contributed by atoms with E-state index in [4.69, 9.17) is 5.11 Å². The molecule has 4 nitrogen and oxygen atoms in total. The second-order valence-corrected chi connectivity index (χ2v) is 4.52. The van der Waals surface area contributed by atoms with Crippen molar-refractivity contribution in [2.45, 2.75) is 25.3 Å². The molecule has 4 heteroatoms. The molecule has 0 saturated heterocycles. The predicted molar refractivity (Wildman–Crippen MR) is 63.2 cm³/mol. The Morgan fingerprint density at radius 3 is 2.82 bits per heavy atom. The summed E-state index contributed by atoms with van der Waals surface area (Å²) in [7, 11) is 0. The average Bonchev–Trinajstić information content (AvgIpc) is 3.01. The number of fused-ring (bicyclic) bond motifs is 1. The zero-order valence-electron chi connectivity index (χ0n) is 9.26. The standard InChI is InChI=1S/C13H13NO3/c15-12-3-1-2-11-10(12)6-9(7-13(16)17)14(11)8-4-5-8/h1-3,6,8,15H,4-5,7H2,(H,16,17). The molecule has 0 atom stereocenters. The van der Waals surface area contributed by atoms with Crippen molar-refractivity contribution in [2.75, 3.05) is 0 Å². The summed E-state index contributed by atoms with van der Waals surface area (Å²) in [4.78, 5) is 10.8. The molecule has 0 aliphatic heterocycles. The topological polar surface area (TPSA) is 62.5 Å². The molecular weight excluding hydrogens is 218 g/mol. The van der Waals surface area contributed by atoms with E-state index in [1.807, 2.05) is 6.07 Å². The van der Waals surface area contributed by atoms with Crippen LogP contribution in [0.1, 0.15) is 24.6 Å². The zero-order valence-corrected chi connectivity index (χ0v) is 9.26. The first kappa shape index (κ1) is 10.2. The van der Waals surface area contributed by atoms with Crippen LogP contribution >= 0.6 is 0 Å². The molecule has 1 aliphatic carbocycles. The van der Waals surface area contributed by atoms with Gasteiger partial charge >= 0.3 is 5.97 Å². The van der Waals surface area contributed by atoms with Gasteiger partial charge in [0.2, 0.25) is 0 Å². The summed E-state index contributed by atoms with van der Waals surface area (Å²) in [6, 6.07) is 7.55. The first-order valence-electron chi connectivity index (χ1n) is 5.70. The minimum Gasteiger partial charge on any atom is -0.507 e. The van der Waals surface area contributed by atoms with Gasteiger partial charge < -0.3 is 14.8 Å². The molecule has 1 saturated carbocycles. The molecule has 0 radical (unpaired) electrons. The van der Waals surface area contributed by atoms with E-state index in [-0.39, 0.29) is 12.2 Å². The number of benzene rings is 1. The Bertz CT molecular complexity index is 596. The van der Waals surface area contributed by atoms with Crippen molar-refractivity contribution in [1.82, 2.24) is 4.57 Å². The highest BCUT2D eigenvalue weighted by Crippen LogP contribution is 2.41. The average molecular weight is 231 g/mol. The van der Waals surface area contributed by atoms with Gasteiger partial charge in [0.1, 0.15) is 5.75 Å². The summed E-state index contributed by atoms with van der Waals surface area (Å²) < 4.78 is 2.06. The van der Waals surface area contributed by atoms with Gasteiger partial charge in [-0.25, -0.2) is 0 Å². The Morgan fingerprint density at radius 1 is 1.41 bits per heavy atom. The fourth-order valence-electron chi connectivity index (χ4n) is 2.35. The van der Waals surface area contributed by atoms with Crippen LogP contribution in [-0.4, -0.2) is 20.7 Å². The molecule has 17 heavy (non-hydrogen) atoms. The molecule has 0 amide bonds. The van der Waals surface area contributed by atoms with Crippen LogP contribution in [0.25, 0.3) is 10.9 Å². The number of carbonyl (C=O) groups is 1. The highest BCUT2D eigenvalue weighted by molar-refractivity contribution is 5.88. The Labute approximate surface area is 98.1 Å². The minimum absolute atomic E-state index is 0.00458. The maximum atomic E-state index is 10.8. The molecule has 2 N–H and O–H groups in total. The highest BCUT2D eigenvalue weighted by Gasteiger charge is 2.28. The maximum Gasteiger partial charge on any atom is 0.309 e. The molecule has 88 valence electrons.